The van der Waals surface area contributed by atoms with E-state index in [9.17, 15) is 4.79 Å². The van der Waals surface area contributed by atoms with E-state index in [2.05, 4.69) is 17.1 Å². The maximum absolute atomic E-state index is 12.7. The molecular formula is C17H20Cl3N3O. The highest BCUT2D eigenvalue weighted by Crippen LogP contribution is 2.33. The highest BCUT2D eigenvalue weighted by molar-refractivity contribution is 6.33. The van der Waals surface area contributed by atoms with E-state index >= 15 is 0 Å². The number of pyridine rings is 1. The quantitative estimate of drug-likeness (QED) is 0.876. The summed E-state index contributed by atoms with van der Waals surface area (Å²) in [4.78, 5) is 18.4. The molecule has 24 heavy (non-hydrogen) atoms. The fraction of sp³-hybridized carbons (Fsp3) is 0.294. The summed E-state index contributed by atoms with van der Waals surface area (Å²) in [7, 11) is 0. The molecule has 0 radical (unpaired) electrons. The van der Waals surface area contributed by atoms with E-state index < -0.39 is 0 Å². The monoisotopic (exact) mass is 387 g/mol. The molecule has 2 atom stereocenters. The summed E-state index contributed by atoms with van der Waals surface area (Å²) in [6, 6.07) is 11.9. The highest BCUT2D eigenvalue weighted by Gasteiger charge is 2.35. The number of nitrogens with two attached hydrogens (primary N) is 1. The first kappa shape index (κ1) is 20.7. The molecule has 1 amide bonds. The Balaban J connectivity index is 0.00000144. The van der Waals surface area contributed by atoms with Gasteiger partial charge in [0.1, 0.15) is 0 Å². The number of aromatic nitrogens is 1. The molecule has 3 rings (SSSR count). The zero-order valence-electron chi connectivity index (χ0n) is 13.0. The van der Waals surface area contributed by atoms with Gasteiger partial charge in [0.2, 0.25) is 0 Å². The number of carbonyl (C=O) groups excluding carboxylic acids is 1. The molecule has 2 N–H and O–H groups in total. The van der Waals surface area contributed by atoms with Crippen LogP contribution in [0, 0.1) is 5.92 Å². The SMILES string of the molecule is Cl.Cl.NC[C@@H]1CN(C(=O)c2ccncc2Cl)C[C@H]1c1ccccc1. The van der Waals surface area contributed by atoms with E-state index in [1.54, 1.807) is 12.3 Å². The van der Waals surface area contributed by atoms with Crippen molar-refractivity contribution in [3.63, 3.8) is 0 Å². The van der Waals surface area contributed by atoms with Gasteiger partial charge < -0.3 is 10.6 Å². The average Bonchev–Trinajstić information content (AvgIpc) is 3.00. The third-order valence-corrected chi connectivity index (χ3v) is 4.56. The summed E-state index contributed by atoms with van der Waals surface area (Å²) >= 11 is 6.09. The number of benzene rings is 1. The zero-order valence-corrected chi connectivity index (χ0v) is 15.4. The summed E-state index contributed by atoms with van der Waals surface area (Å²) in [6.45, 7) is 1.89. The van der Waals surface area contributed by atoms with Gasteiger partial charge in [0, 0.05) is 31.4 Å². The summed E-state index contributed by atoms with van der Waals surface area (Å²) in [5, 5.41) is 0.389. The Bertz CT molecular complexity index is 669. The van der Waals surface area contributed by atoms with Crippen LogP contribution in [0.1, 0.15) is 21.8 Å². The van der Waals surface area contributed by atoms with E-state index in [1.807, 2.05) is 23.1 Å². The summed E-state index contributed by atoms with van der Waals surface area (Å²) in [6.07, 6.45) is 3.09. The van der Waals surface area contributed by atoms with Crippen LogP contribution >= 0.6 is 36.4 Å². The van der Waals surface area contributed by atoms with Crippen molar-refractivity contribution in [2.45, 2.75) is 5.92 Å². The summed E-state index contributed by atoms with van der Waals surface area (Å²) in [5.74, 6) is 0.493. The van der Waals surface area contributed by atoms with Gasteiger partial charge in [0.25, 0.3) is 5.91 Å². The molecule has 1 aliphatic heterocycles. The molecule has 1 aromatic carbocycles. The van der Waals surface area contributed by atoms with Crippen molar-refractivity contribution >= 4 is 42.3 Å². The first-order chi connectivity index (χ1) is 10.7. The van der Waals surface area contributed by atoms with E-state index in [0.29, 0.717) is 30.2 Å². The predicted octanol–water partition coefficient (Wildman–Crippen LogP) is 3.39. The van der Waals surface area contributed by atoms with Gasteiger partial charge in [-0.1, -0.05) is 41.9 Å². The number of likely N-dealkylation sites (tertiary alicyclic amines) is 1. The third kappa shape index (κ3) is 4.19. The minimum Gasteiger partial charge on any atom is -0.338 e. The Labute approximate surface area is 159 Å². The lowest BCUT2D eigenvalue weighted by atomic mass is 9.89. The van der Waals surface area contributed by atoms with E-state index in [4.69, 9.17) is 17.3 Å². The van der Waals surface area contributed by atoms with Crippen LogP contribution in [-0.2, 0) is 0 Å². The Morgan fingerprint density at radius 3 is 2.54 bits per heavy atom. The second-order valence-electron chi connectivity index (χ2n) is 5.58. The molecule has 0 spiro atoms. The highest BCUT2D eigenvalue weighted by atomic mass is 35.5. The van der Waals surface area contributed by atoms with Crippen LogP contribution in [0.3, 0.4) is 0 Å². The molecule has 1 aromatic heterocycles. The Morgan fingerprint density at radius 2 is 1.92 bits per heavy atom. The van der Waals surface area contributed by atoms with Crippen LogP contribution in [0.5, 0.6) is 0 Å². The van der Waals surface area contributed by atoms with Crippen LogP contribution in [0.15, 0.2) is 48.8 Å². The minimum atomic E-state index is -0.0516. The normalized spacial score (nSPS) is 19.3. The standard InChI is InChI=1S/C17H18ClN3O.2ClH/c18-16-9-20-7-6-14(16)17(22)21-10-13(8-19)15(11-21)12-4-2-1-3-5-12;;/h1-7,9,13,15H,8,10-11,19H2;2*1H/t13-,15+;;/m1../s1. The number of hydrogen-bond acceptors (Lipinski definition) is 3. The second kappa shape index (κ2) is 9.23. The Morgan fingerprint density at radius 1 is 1.21 bits per heavy atom. The average molecular weight is 389 g/mol. The predicted molar refractivity (Wildman–Crippen MR) is 101 cm³/mol. The van der Waals surface area contributed by atoms with Crippen LogP contribution < -0.4 is 5.73 Å². The molecule has 0 unspecified atom stereocenters. The van der Waals surface area contributed by atoms with Gasteiger partial charge >= 0.3 is 0 Å². The Kier molecular flexibility index (Phi) is 7.97. The molecule has 1 fully saturated rings. The van der Waals surface area contributed by atoms with Crippen LogP contribution in [0.4, 0.5) is 0 Å². The third-order valence-electron chi connectivity index (χ3n) is 4.26. The molecule has 0 aliphatic carbocycles. The fourth-order valence-electron chi connectivity index (χ4n) is 3.07. The number of hydrogen-bond donors (Lipinski definition) is 1. The van der Waals surface area contributed by atoms with E-state index in [1.165, 1.54) is 11.8 Å². The van der Waals surface area contributed by atoms with E-state index in [0.717, 1.165) is 0 Å². The number of rotatable bonds is 3. The van der Waals surface area contributed by atoms with Crippen molar-refractivity contribution in [1.82, 2.24) is 9.88 Å². The number of amides is 1. The maximum atomic E-state index is 12.7. The summed E-state index contributed by atoms with van der Waals surface area (Å²) < 4.78 is 0. The van der Waals surface area contributed by atoms with Crippen molar-refractivity contribution in [2.75, 3.05) is 19.6 Å². The topological polar surface area (TPSA) is 59.2 Å². The van der Waals surface area contributed by atoms with Crippen molar-refractivity contribution in [1.29, 1.82) is 0 Å². The first-order valence-electron chi connectivity index (χ1n) is 7.34. The lowest BCUT2D eigenvalue weighted by Crippen LogP contribution is -2.30. The van der Waals surface area contributed by atoms with Gasteiger partial charge in [-0.3, -0.25) is 9.78 Å². The second-order valence-corrected chi connectivity index (χ2v) is 5.99. The van der Waals surface area contributed by atoms with Gasteiger partial charge in [-0.2, -0.15) is 0 Å². The van der Waals surface area contributed by atoms with Gasteiger partial charge in [0.15, 0.2) is 0 Å². The maximum Gasteiger partial charge on any atom is 0.255 e. The van der Waals surface area contributed by atoms with Gasteiger partial charge in [-0.25, -0.2) is 0 Å². The van der Waals surface area contributed by atoms with Gasteiger partial charge in [-0.15, -0.1) is 24.8 Å². The molecular weight excluding hydrogens is 369 g/mol. The molecule has 130 valence electrons. The molecule has 1 aliphatic rings. The molecule has 1 saturated heterocycles. The molecule has 0 bridgehead atoms. The van der Waals surface area contributed by atoms with Crippen molar-refractivity contribution < 1.29 is 4.79 Å². The molecule has 7 heteroatoms. The first-order valence-corrected chi connectivity index (χ1v) is 7.72. The van der Waals surface area contributed by atoms with Crippen molar-refractivity contribution in [2.24, 2.45) is 11.7 Å². The smallest absolute Gasteiger partial charge is 0.255 e. The van der Waals surface area contributed by atoms with Crippen molar-refractivity contribution in [3.05, 3.63) is 64.9 Å². The lowest BCUT2D eigenvalue weighted by molar-refractivity contribution is 0.0786. The lowest BCUT2D eigenvalue weighted by Gasteiger charge is -2.17. The van der Waals surface area contributed by atoms with Gasteiger partial charge in [0.05, 0.1) is 10.6 Å². The fourth-order valence-corrected chi connectivity index (χ4v) is 3.27. The molecule has 2 heterocycles. The largest absolute Gasteiger partial charge is 0.338 e. The number of halogens is 3. The minimum absolute atomic E-state index is 0. The zero-order chi connectivity index (χ0) is 15.5. The number of carbonyl (C=O) groups is 1. The molecule has 0 saturated carbocycles. The summed E-state index contributed by atoms with van der Waals surface area (Å²) in [5.41, 5.74) is 7.65. The molecule has 4 nitrogen and oxygen atoms in total. The number of nitrogens with zero attached hydrogens (tertiary/aromatic N) is 2. The van der Waals surface area contributed by atoms with Crippen LogP contribution in [-0.4, -0.2) is 35.4 Å². The van der Waals surface area contributed by atoms with Gasteiger partial charge in [-0.05, 0) is 24.1 Å². The van der Waals surface area contributed by atoms with E-state index in [-0.39, 0.29) is 42.6 Å². The Hall–Kier alpha value is -1.33. The molecule has 2 aromatic rings. The van der Waals surface area contributed by atoms with Crippen LogP contribution in [0.25, 0.3) is 0 Å². The van der Waals surface area contributed by atoms with Crippen LogP contribution in [0.2, 0.25) is 5.02 Å². The van der Waals surface area contributed by atoms with Crippen molar-refractivity contribution in [3.8, 4) is 0 Å².